The molecule has 0 spiro atoms. The van der Waals surface area contributed by atoms with Gasteiger partial charge in [-0.1, -0.05) is 0 Å². The summed E-state index contributed by atoms with van der Waals surface area (Å²) in [6, 6.07) is 0. The standard InChI is InChI=1S/C11H19NO3S/c13-7-9-3-5-12(6-4-9)11(14)16(15)8-10-1-2-10/h9-10,13H,1-8H2. The highest BCUT2D eigenvalue weighted by Gasteiger charge is 2.30. The largest absolute Gasteiger partial charge is 0.396 e. The highest BCUT2D eigenvalue weighted by molar-refractivity contribution is 8.00. The van der Waals surface area contributed by atoms with E-state index in [-0.39, 0.29) is 11.8 Å². The quantitative estimate of drug-likeness (QED) is 0.806. The lowest BCUT2D eigenvalue weighted by atomic mass is 9.98. The van der Waals surface area contributed by atoms with E-state index in [9.17, 15) is 9.00 Å². The number of aliphatic hydroxyl groups is 1. The van der Waals surface area contributed by atoms with Gasteiger partial charge in [0.1, 0.15) is 10.8 Å². The van der Waals surface area contributed by atoms with Crippen LogP contribution in [0, 0.1) is 11.8 Å². The van der Waals surface area contributed by atoms with E-state index >= 15 is 0 Å². The molecule has 2 fully saturated rings. The van der Waals surface area contributed by atoms with E-state index in [0.717, 1.165) is 25.7 Å². The van der Waals surface area contributed by atoms with Crippen molar-refractivity contribution in [2.24, 2.45) is 11.8 Å². The van der Waals surface area contributed by atoms with Gasteiger partial charge in [-0.3, -0.25) is 4.79 Å². The molecule has 0 radical (unpaired) electrons. The van der Waals surface area contributed by atoms with Crippen molar-refractivity contribution < 1.29 is 14.1 Å². The number of amides is 1. The van der Waals surface area contributed by atoms with Crippen molar-refractivity contribution >= 4 is 16.0 Å². The summed E-state index contributed by atoms with van der Waals surface area (Å²) in [6.07, 6.45) is 3.93. The van der Waals surface area contributed by atoms with Gasteiger partial charge in [-0.25, -0.2) is 4.21 Å². The minimum absolute atomic E-state index is 0.191. The van der Waals surface area contributed by atoms with Crippen molar-refractivity contribution in [2.45, 2.75) is 25.7 Å². The van der Waals surface area contributed by atoms with E-state index in [0.29, 0.717) is 30.7 Å². The van der Waals surface area contributed by atoms with E-state index in [1.54, 1.807) is 4.90 Å². The van der Waals surface area contributed by atoms with Crippen LogP contribution in [0.5, 0.6) is 0 Å². The summed E-state index contributed by atoms with van der Waals surface area (Å²) in [6.45, 7) is 1.51. The Morgan fingerprint density at radius 3 is 2.31 bits per heavy atom. The number of hydrogen-bond acceptors (Lipinski definition) is 3. The zero-order chi connectivity index (χ0) is 11.5. The van der Waals surface area contributed by atoms with Gasteiger partial charge in [-0.15, -0.1) is 0 Å². The van der Waals surface area contributed by atoms with Crippen LogP contribution in [0.3, 0.4) is 0 Å². The smallest absolute Gasteiger partial charge is 0.311 e. The topological polar surface area (TPSA) is 57.6 Å². The summed E-state index contributed by atoms with van der Waals surface area (Å²) in [5.74, 6) is 1.40. The van der Waals surface area contributed by atoms with Gasteiger partial charge in [0.05, 0.1) is 0 Å². The Kier molecular flexibility index (Phi) is 3.97. The van der Waals surface area contributed by atoms with Crippen LogP contribution in [-0.2, 0) is 10.8 Å². The normalized spacial score (nSPS) is 24.4. The van der Waals surface area contributed by atoms with E-state index < -0.39 is 10.8 Å². The third kappa shape index (κ3) is 3.04. The van der Waals surface area contributed by atoms with Crippen LogP contribution < -0.4 is 0 Å². The molecular weight excluding hydrogens is 226 g/mol. The van der Waals surface area contributed by atoms with Crippen LogP contribution >= 0.6 is 0 Å². The number of likely N-dealkylation sites (tertiary alicyclic amines) is 1. The third-order valence-corrected chi connectivity index (χ3v) is 4.83. The summed E-state index contributed by atoms with van der Waals surface area (Å²) in [7, 11) is -1.32. The fourth-order valence-corrected chi connectivity index (χ4v) is 3.39. The Morgan fingerprint density at radius 1 is 1.19 bits per heavy atom. The molecule has 92 valence electrons. The van der Waals surface area contributed by atoms with Crippen molar-refractivity contribution in [3.05, 3.63) is 0 Å². The number of aliphatic hydroxyl groups excluding tert-OH is 1. The van der Waals surface area contributed by atoms with Gasteiger partial charge in [0.2, 0.25) is 0 Å². The van der Waals surface area contributed by atoms with Crippen LogP contribution in [-0.4, -0.2) is 44.9 Å². The number of carbonyl (C=O) groups excluding carboxylic acids is 1. The van der Waals surface area contributed by atoms with E-state index in [1.807, 2.05) is 0 Å². The Labute approximate surface area is 98.5 Å². The van der Waals surface area contributed by atoms with Gasteiger partial charge in [0.25, 0.3) is 0 Å². The molecule has 1 amide bonds. The summed E-state index contributed by atoms with van der Waals surface area (Å²) in [4.78, 5) is 13.5. The first-order valence-electron chi connectivity index (χ1n) is 5.99. The van der Waals surface area contributed by atoms with Crippen LogP contribution in [0.15, 0.2) is 0 Å². The van der Waals surface area contributed by atoms with Gasteiger partial charge in [0.15, 0.2) is 0 Å². The van der Waals surface area contributed by atoms with E-state index in [4.69, 9.17) is 5.11 Å². The predicted molar refractivity (Wildman–Crippen MR) is 62.5 cm³/mol. The molecule has 1 saturated carbocycles. The molecular formula is C11H19NO3S. The number of piperidine rings is 1. The van der Waals surface area contributed by atoms with Crippen molar-refractivity contribution in [1.29, 1.82) is 0 Å². The lowest BCUT2D eigenvalue weighted by Gasteiger charge is -2.30. The van der Waals surface area contributed by atoms with Crippen molar-refractivity contribution in [2.75, 3.05) is 25.4 Å². The molecule has 0 bridgehead atoms. The predicted octanol–water partition coefficient (Wildman–Crippen LogP) is 0.969. The fraction of sp³-hybridized carbons (Fsp3) is 0.909. The molecule has 16 heavy (non-hydrogen) atoms. The van der Waals surface area contributed by atoms with Crippen LogP contribution in [0.1, 0.15) is 25.7 Å². The monoisotopic (exact) mass is 245 g/mol. The molecule has 4 nitrogen and oxygen atoms in total. The van der Waals surface area contributed by atoms with Crippen molar-refractivity contribution in [3.63, 3.8) is 0 Å². The molecule has 1 aliphatic carbocycles. The highest BCUT2D eigenvalue weighted by Crippen LogP contribution is 2.30. The lowest BCUT2D eigenvalue weighted by molar-refractivity contribution is 0.148. The number of rotatable bonds is 3. The fourth-order valence-electron chi connectivity index (χ4n) is 2.01. The first-order valence-corrected chi connectivity index (χ1v) is 7.30. The number of hydrogen-bond donors (Lipinski definition) is 1. The molecule has 0 aromatic heterocycles. The summed E-state index contributed by atoms with van der Waals surface area (Å²) >= 11 is 0. The average Bonchev–Trinajstić information content (AvgIpc) is 3.12. The molecule has 2 aliphatic rings. The molecule has 1 aliphatic heterocycles. The first kappa shape index (κ1) is 12.0. The molecule has 1 N–H and O–H groups in total. The Hall–Kier alpha value is -0.420. The van der Waals surface area contributed by atoms with Gasteiger partial charge in [0, 0.05) is 25.4 Å². The van der Waals surface area contributed by atoms with Crippen molar-refractivity contribution in [1.82, 2.24) is 4.90 Å². The zero-order valence-electron chi connectivity index (χ0n) is 9.43. The number of nitrogens with zero attached hydrogens (tertiary/aromatic N) is 1. The molecule has 1 unspecified atom stereocenters. The van der Waals surface area contributed by atoms with Crippen LogP contribution in [0.4, 0.5) is 4.79 Å². The second-order valence-corrected chi connectivity index (χ2v) is 6.21. The van der Waals surface area contributed by atoms with E-state index in [1.165, 1.54) is 0 Å². The lowest BCUT2D eigenvalue weighted by Crippen LogP contribution is -2.40. The molecule has 1 saturated heterocycles. The van der Waals surface area contributed by atoms with Gasteiger partial charge >= 0.3 is 5.24 Å². The molecule has 1 heterocycles. The Bertz CT molecular complexity index is 283. The SMILES string of the molecule is O=C(N1CCC(CO)CC1)S(=O)CC1CC1. The van der Waals surface area contributed by atoms with Crippen LogP contribution in [0.25, 0.3) is 0 Å². The summed E-state index contributed by atoms with van der Waals surface area (Å²) in [5.41, 5.74) is 0. The minimum atomic E-state index is -1.32. The molecule has 2 rings (SSSR count). The first-order chi connectivity index (χ1) is 7.70. The maximum absolute atomic E-state index is 11.8. The number of carbonyl (C=O) groups is 1. The molecule has 1 atom stereocenters. The van der Waals surface area contributed by atoms with Gasteiger partial charge in [-0.2, -0.15) is 0 Å². The summed E-state index contributed by atoms with van der Waals surface area (Å²) < 4.78 is 11.7. The van der Waals surface area contributed by atoms with Gasteiger partial charge in [-0.05, 0) is 37.5 Å². The highest BCUT2D eigenvalue weighted by atomic mass is 32.2. The van der Waals surface area contributed by atoms with E-state index in [2.05, 4.69) is 0 Å². The molecule has 0 aromatic carbocycles. The second-order valence-electron chi connectivity index (χ2n) is 4.83. The Morgan fingerprint density at radius 2 is 1.81 bits per heavy atom. The molecule has 5 heteroatoms. The van der Waals surface area contributed by atoms with Crippen LogP contribution in [0.2, 0.25) is 0 Å². The minimum Gasteiger partial charge on any atom is -0.396 e. The average molecular weight is 245 g/mol. The van der Waals surface area contributed by atoms with Gasteiger partial charge < -0.3 is 10.0 Å². The zero-order valence-corrected chi connectivity index (χ0v) is 10.2. The second kappa shape index (κ2) is 5.27. The maximum atomic E-state index is 11.8. The Balaban J connectivity index is 1.78. The third-order valence-electron chi connectivity index (χ3n) is 3.41. The maximum Gasteiger partial charge on any atom is 0.311 e. The molecule has 0 aromatic rings. The van der Waals surface area contributed by atoms with Crippen molar-refractivity contribution in [3.8, 4) is 0 Å². The summed E-state index contributed by atoms with van der Waals surface area (Å²) in [5, 5.41) is 8.80.